The Labute approximate surface area is 123 Å². The second kappa shape index (κ2) is 6.36. The molecule has 0 amide bonds. The van der Waals surface area contributed by atoms with Crippen LogP contribution in [-0.2, 0) is 15.6 Å². The Morgan fingerprint density at radius 1 is 1.24 bits per heavy atom. The first-order valence-corrected chi connectivity index (χ1v) is 8.45. The summed E-state index contributed by atoms with van der Waals surface area (Å²) in [6, 6.07) is 8.67. The molecule has 2 aromatic rings. The first-order chi connectivity index (χ1) is 9.87. The van der Waals surface area contributed by atoms with E-state index < -0.39 is 15.9 Å². The summed E-state index contributed by atoms with van der Waals surface area (Å²) in [4.78, 5) is 4.04. The molecular weight excluding hydrogens is 292 g/mol. The predicted molar refractivity (Wildman–Crippen MR) is 77.3 cm³/mol. The number of rotatable bonds is 6. The first kappa shape index (κ1) is 15.7. The molecule has 114 valence electrons. The van der Waals surface area contributed by atoms with Crippen molar-refractivity contribution in [2.75, 3.05) is 5.75 Å². The number of hydrogen-bond acceptors (Lipinski definition) is 6. The van der Waals surface area contributed by atoms with Gasteiger partial charge in [0.05, 0.1) is 11.9 Å². The molecule has 1 unspecified atom stereocenters. The molecular formula is C14H18N2O4S. The van der Waals surface area contributed by atoms with Crippen molar-refractivity contribution in [3.05, 3.63) is 47.6 Å². The monoisotopic (exact) mass is 310 g/mol. The van der Waals surface area contributed by atoms with Crippen LogP contribution in [-0.4, -0.2) is 29.4 Å². The number of aromatic nitrogens is 2. The Morgan fingerprint density at radius 3 is 2.48 bits per heavy atom. The van der Waals surface area contributed by atoms with E-state index in [9.17, 15) is 13.5 Å². The maximum Gasteiger partial charge on any atom is 0.229 e. The van der Waals surface area contributed by atoms with Crippen molar-refractivity contribution >= 4 is 9.84 Å². The fourth-order valence-electron chi connectivity index (χ4n) is 1.83. The van der Waals surface area contributed by atoms with Crippen LogP contribution in [0.15, 0.2) is 34.9 Å². The van der Waals surface area contributed by atoms with Gasteiger partial charge in [-0.15, -0.1) is 0 Å². The summed E-state index contributed by atoms with van der Waals surface area (Å²) in [7, 11) is -3.53. The van der Waals surface area contributed by atoms with Crippen LogP contribution in [0.4, 0.5) is 0 Å². The van der Waals surface area contributed by atoms with Crippen LogP contribution in [0.2, 0.25) is 0 Å². The first-order valence-electron chi connectivity index (χ1n) is 6.63. The molecule has 1 aromatic carbocycles. The third kappa shape index (κ3) is 4.37. The standard InChI is InChI=1S/C14H18N2O4S/c1-10(2)14-15-13(16-20-14)9-21(18,19)8-12(17)11-6-4-3-5-7-11/h3-7,10,12,17H,8-9H2,1-2H3. The molecule has 0 fully saturated rings. The van der Waals surface area contributed by atoms with E-state index in [1.165, 1.54) is 0 Å². The molecule has 0 aliphatic heterocycles. The minimum atomic E-state index is -3.53. The third-order valence-corrected chi connectivity index (χ3v) is 4.44. The summed E-state index contributed by atoms with van der Waals surface area (Å²) in [5.74, 6) is -0.137. The van der Waals surface area contributed by atoms with Crippen molar-refractivity contribution in [3.8, 4) is 0 Å². The van der Waals surface area contributed by atoms with Crippen LogP contribution in [0.25, 0.3) is 0 Å². The number of nitrogens with zero attached hydrogens (tertiary/aromatic N) is 2. The fraction of sp³-hybridized carbons (Fsp3) is 0.429. The van der Waals surface area contributed by atoms with Gasteiger partial charge in [0, 0.05) is 5.92 Å². The molecule has 0 aliphatic rings. The van der Waals surface area contributed by atoms with Crippen LogP contribution in [0.5, 0.6) is 0 Å². The average molecular weight is 310 g/mol. The van der Waals surface area contributed by atoms with Gasteiger partial charge in [-0.3, -0.25) is 0 Å². The molecule has 7 heteroatoms. The summed E-state index contributed by atoms with van der Waals surface area (Å²) in [6.07, 6.45) is -1.06. The smallest absolute Gasteiger partial charge is 0.229 e. The van der Waals surface area contributed by atoms with Gasteiger partial charge >= 0.3 is 0 Å². The van der Waals surface area contributed by atoms with Crippen molar-refractivity contribution in [1.29, 1.82) is 0 Å². The predicted octanol–water partition coefficient (Wildman–Crippen LogP) is 1.84. The molecule has 0 bridgehead atoms. The van der Waals surface area contributed by atoms with Crippen LogP contribution in [0, 0.1) is 0 Å². The van der Waals surface area contributed by atoms with Crippen molar-refractivity contribution in [1.82, 2.24) is 10.1 Å². The lowest BCUT2D eigenvalue weighted by molar-refractivity contribution is 0.201. The molecule has 0 spiro atoms. The summed E-state index contributed by atoms with van der Waals surface area (Å²) in [6.45, 7) is 3.76. The van der Waals surface area contributed by atoms with Crippen LogP contribution in [0.1, 0.15) is 43.1 Å². The van der Waals surface area contributed by atoms with E-state index in [1.54, 1.807) is 30.3 Å². The summed E-state index contributed by atoms with van der Waals surface area (Å²) in [5, 5.41) is 13.6. The number of benzene rings is 1. The summed E-state index contributed by atoms with van der Waals surface area (Å²) in [5.41, 5.74) is 0.567. The quantitative estimate of drug-likeness (QED) is 0.875. The molecule has 0 aliphatic carbocycles. The lowest BCUT2D eigenvalue weighted by atomic mass is 10.1. The molecule has 6 nitrogen and oxygen atoms in total. The molecule has 1 N–H and O–H groups in total. The van der Waals surface area contributed by atoms with Gasteiger partial charge in [-0.2, -0.15) is 4.98 Å². The SMILES string of the molecule is CC(C)c1nc(CS(=O)(=O)CC(O)c2ccccc2)no1. The van der Waals surface area contributed by atoms with Crippen molar-refractivity contribution in [2.45, 2.75) is 31.6 Å². The molecule has 1 atom stereocenters. The second-order valence-electron chi connectivity index (χ2n) is 5.18. The van der Waals surface area contributed by atoms with Crippen LogP contribution < -0.4 is 0 Å². The molecule has 1 aromatic heterocycles. The van der Waals surface area contributed by atoms with Gasteiger partial charge in [-0.25, -0.2) is 8.42 Å². The molecule has 1 heterocycles. The number of hydrogen-bond donors (Lipinski definition) is 1. The average Bonchev–Trinajstić information content (AvgIpc) is 2.87. The largest absolute Gasteiger partial charge is 0.387 e. The Bertz CT molecular complexity index is 680. The maximum absolute atomic E-state index is 12.1. The molecule has 0 saturated heterocycles. The fourth-order valence-corrected chi connectivity index (χ4v) is 3.13. The molecule has 2 rings (SSSR count). The lowest BCUT2D eigenvalue weighted by Gasteiger charge is -2.10. The zero-order valence-electron chi connectivity index (χ0n) is 11.9. The van der Waals surface area contributed by atoms with Gasteiger partial charge in [0.15, 0.2) is 15.7 Å². The Morgan fingerprint density at radius 2 is 1.90 bits per heavy atom. The summed E-state index contributed by atoms with van der Waals surface area (Å²) >= 11 is 0. The highest BCUT2D eigenvalue weighted by atomic mass is 32.2. The number of aliphatic hydroxyl groups is 1. The van der Waals surface area contributed by atoms with E-state index in [-0.39, 0.29) is 23.2 Å². The van der Waals surface area contributed by atoms with Crippen molar-refractivity contribution in [2.24, 2.45) is 0 Å². The molecule has 0 radical (unpaired) electrons. The maximum atomic E-state index is 12.1. The minimum Gasteiger partial charge on any atom is -0.387 e. The zero-order chi connectivity index (χ0) is 15.5. The zero-order valence-corrected chi connectivity index (χ0v) is 12.7. The van der Waals surface area contributed by atoms with E-state index in [0.29, 0.717) is 11.5 Å². The Hall–Kier alpha value is -1.73. The van der Waals surface area contributed by atoms with Crippen LogP contribution in [0.3, 0.4) is 0 Å². The highest BCUT2D eigenvalue weighted by molar-refractivity contribution is 7.90. The van der Waals surface area contributed by atoms with Crippen LogP contribution >= 0.6 is 0 Å². The van der Waals surface area contributed by atoms with E-state index in [0.717, 1.165) is 0 Å². The third-order valence-electron chi connectivity index (χ3n) is 2.92. The normalized spacial score (nSPS) is 13.5. The van der Waals surface area contributed by atoms with E-state index in [1.807, 2.05) is 13.8 Å². The van der Waals surface area contributed by atoms with E-state index in [4.69, 9.17) is 4.52 Å². The molecule has 0 saturated carbocycles. The van der Waals surface area contributed by atoms with E-state index in [2.05, 4.69) is 10.1 Å². The lowest BCUT2D eigenvalue weighted by Crippen LogP contribution is -2.17. The number of aliphatic hydroxyl groups excluding tert-OH is 1. The van der Waals surface area contributed by atoms with Crippen molar-refractivity contribution < 1.29 is 18.0 Å². The summed E-state index contributed by atoms with van der Waals surface area (Å²) < 4.78 is 29.1. The van der Waals surface area contributed by atoms with Crippen molar-refractivity contribution in [3.63, 3.8) is 0 Å². The van der Waals surface area contributed by atoms with Gasteiger partial charge in [0.2, 0.25) is 5.89 Å². The Balaban J connectivity index is 2.04. The van der Waals surface area contributed by atoms with Gasteiger partial charge < -0.3 is 9.63 Å². The van der Waals surface area contributed by atoms with Gasteiger partial charge in [0.1, 0.15) is 5.75 Å². The molecule has 21 heavy (non-hydrogen) atoms. The number of sulfone groups is 1. The highest BCUT2D eigenvalue weighted by Gasteiger charge is 2.22. The minimum absolute atomic E-state index is 0.0452. The Kier molecular flexibility index (Phi) is 4.74. The van der Waals surface area contributed by atoms with E-state index >= 15 is 0 Å². The van der Waals surface area contributed by atoms with Gasteiger partial charge in [-0.1, -0.05) is 49.3 Å². The van der Waals surface area contributed by atoms with Gasteiger partial charge in [-0.05, 0) is 5.56 Å². The van der Waals surface area contributed by atoms with Gasteiger partial charge in [0.25, 0.3) is 0 Å². The highest BCUT2D eigenvalue weighted by Crippen LogP contribution is 2.17. The topological polar surface area (TPSA) is 93.3 Å². The second-order valence-corrected chi connectivity index (χ2v) is 7.29.